The van der Waals surface area contributed by atoms with E-state index in [9.17, 15) is 9.59 Å². The zero-order valence-corrected chi connectivity index (χ0v) is 20.0. The van der Waals surface area contributed by atoms with Crippen LogP contribution in [0.3, 0.4) is 0 Å². The van der Waals surface area contributed by atoms with E-state index in [1.54, 1.807) is 16.6 Å². The number of hydrogen-bond acceptors (Lipinski definition) is 4. The van der Waals surface area contributed by atoms with Gasteiger partial charge in [0, 0.05) is 28.0 Å². The number of halogens is 3. The number of hydrogen-bond donors (Lipinski definition) is 1. The van der Waals surface area contributed by atoms with E-state index in [0.29, 0.717) is 33.0 Å². The maximum Gasteiger partial charge on any atom is 0.280 e. The zero-order chi connectivity index (χ0) is 24.0. The Morgan fingerprint density at radius 3 is 2.47 bits per heavy atom. The number of benzene rings is 2. The van der Waals surface area contributed by atoms with Crippen LogP contribution in [0.4, 0.5) is 0 Å². The Bertz CT molecular complexity index is 1640. The van der Waals surface area contributed by atoms with Crippen LogP contribution in [0, 0.1) is 0 Å². The molecule has 3 aromatic heterocycles. The first-order chi connectivity index (χ1) is 16.4. The topological polar surface area (TPSA) is 81.3 Å². The molecular weight excluding hydrogens is 497 g/mol. The maximum atomic E-state index is 13.1. The molecule has 0 atom stereocenters. The SMILES string of the molecule is CCc1nn2c(ncc3c(=O)n(NC(=O)c4ccc(Cl)cc4Cl)ccc32)c1-c1ccc(Cl)cc1. The first kappa shape index (κ1) is 22.4. The number of pyridine rings is 1. The van der Waals surface area contributed by atoms with Crippen LogP contribution in [0.25, 0.3) is 27.7 Å². The Morgan fingerprint density at radius 1 is 1.03 bits per heavy atom. The third-order valence-corrected chi connectivity index (χ3v) is 6.25. The van der Waals surface area contributed by atoms with E-state index in [1.807, 2.05) is 31.2 Å². The Balaban J connectivity index is 1.60. The van der Waals surface area contributed by atoms with E-state index < -0.39 is 11.5 Å². The molecule has 3 heterocycles. The van der Waals surface area contributed by atoms with Crippen molar-refractivity contribution in [2.45, 2.75) is 13.3 Å². The van der Waals surface area contributed by atoms with Crippen LogP contribution >= 0.6 is 34.8 Å². The van der Waals surface area contributed by atoms with Gasteiger partial charge in [-0.2, -0.15) is 5.10 Å². The van der Waals surface area contributed by atoms with Gasteiger partial charge in [0.25, 0.3) is 11.5 Å². The number of nitrogens with one attached hydrogen (secondary N) is 1. The molecule has 10 heteroatoms. The number of amides is 1. The number of aryl methyl sites for hydroxylation is 1. The van der Waals surface area contributed by atoms with Gasteiger partial charge in [-0.15, -0.1) is 0 Å². The molecule has 34 heavy (non-hydrogen) atoms. The summed E-state index contributed by atoms with van der Waals surface area (Å²) in [6.07, 6.45) is 3.64. The van der Waals surface area contributed by atoms with Crippen LogP contribution in [0.15, 0.2) is 65.7 Å². The molecule has 0 spiro atoms. The minimum atomic E-state index is -0.547. The minimum Gasteiger partial charge on any atom is -0.267 e. The third-order valence-electron chi connectivity index (χ3n) is 5.45. The van der Waals surface area contributed by atoms with Gasteiger partial charge in [0.05, 0.1) is 27.2 Å². The summed E-state index contributed by atoms with van der Waals surface area (Å²) in [5, 5.41) is 6.23. The first-order valence-corrected chi connectivity index (χ1v) is 11.4. The Morgan fingerprint density at radius 2 is 1.76 bits per heavy atom. The summed E-state index contributed by atoms with van der Waals surface area (Å²) in [4.78, 5) is 30.4. The van der Waals surface area contributed by atoms with Crippen LogP contribution < -0.4 is 11.0 Å². The molecule has 0 saturated heterocycles. The normalized spacial score (nSPS) is 11.3. The van der Waals surface area contributed by atoms with Gasteiger partial charge in [-0.1, -0.05) is 53.9 Å². The van der Waals surface area contributed by atoms with Gasteiger partial charge in [-0.05, 0) is 48.4 Å². The van der Waals surface area contributed by atoms with Gasteiger partial charge in [-0.25, -0.2) is 14.2 Å². The van der Waals surface area contributed by atoms with Crippen LogP contribution in [0.5, 0.6) is 0 Å². The van der Waals surface area contributed by atoms with Crippen molar-refractivity contribution in [3.63, 3.8) is 0 Å². The largest absolute Gasteiger partial charge is 0.280 e. The van der Waals surface area contributed by atoms with E-state index in [2.05, 4.69) is 10.4 Å². The second-order valence-corrected chi connectivity index (χ2v) is 8.81. The summed E-state index contributed by atoms with van der Waals surface area (Å²) in [6, 6.07) is 13.7. The number of carbonyl (C=O) groups is 1. The molecule has 0 bridgehead atoms. The Kier molecular flexibility index (Phi) is 5.77. The molecule has 0 aliphatic rings. The number of aromatic nitrogens is 4. The molecular formula is C24H16Cl3N5O2. The highest BCUT2D eigenvalue weighted by atomic mass is 35.5. The molecule has 1 amide bonds. The summed E-state index contributed by atoms with van der Waals surface area (Å²) in [6.45, 7) is 2.01. The highest BCUT2D eigenvalue weighted by molar-refractivity contribution is 6.37. The predicted molar refractivity (Wildman–Crippen MR) is 135 cm³/mol. The summed E-state index contributed by atoms with van der Waals surface area (Å²) >= 11 is 18.1. The van der Waals surface area contributed by atoms with Crippen molar-refractivity contribution >= 4 is 57.3 Å². The number of carbonyl (C=O) groups excluding carboxylic acids is 1. The van der Waals surface area contributed by atoms with E-state index >= 15 is 0 Å². The highest BCUT2D eigenvalue weighted by Gasteiger charge is 2.18. The van der Waals surface area contributed by atoms with Crippen LogP contribution in [-0.2, 0) is 6.42 Å². The molecule has 0 saturated carbocycles. The lowest BCUT2D eigenvalue weighted by molar-refractivity contribution is 0.101. The summed E-state index contributed by atoms with van der Waals surface area (Å²) in [5.41, 5.74) is 6.15. The maximum absolute atomic E-state index is 13.1. The summed E-state index contributed by atoms with van der Waals surface area (Å²) in [5.74, 6) is -0.547. The summed E-state index contributed by atoms with van der Waals surface area (Å²) in [7, 11) is 0. The average molecular weight is 513 g/mol. The quantitative estimate of drug-likeness (QED) is 0.339. The fraction of sp³-hybridized carbons (Fsp3) is 0.0833. The summed E-state index contributed by atoms with van der Waals surface area (Å²) < 4.78 is 2.75. The van der Waals surface area contributed by atoms with Crippen molar-refractivity contribution in [3.8, 4) is 11.1 Å². The molecule has 7 nitrogen and oxygen atoms in total. The zero-order valence-electron chi connectivity index (χ0n) is 17.7. The third kappa shape index (κ3) is 3.81. The van der Waals surface area contributed by atoms with Gasteiger partial charge >= 0.3 is 0 Å². The molecule has 5 rings (SSSR count). The molecule has 2 aromatic carbocycles. The first-order valence-electron chi connectivity index (χ1n) is 10.3. The molecule has 0 unspecified atom stereocenters. The Labute approximate surface area is 208 Å². The van der Waals surface area contributed by atoms with Crippen LogP contribution in [-0.4, -0.2) is 25.2 Å². The second kappa shape index (κ2) is 8.76. The predicted octanol–water partition coefficient (Wildman–Crippen LogP) is 5.62. The molecule has 0 fully saturated rings. The fourth-order valence-corrected chi connectivity index (χ4v) is 4.43. The fourth-order valence-electron chi connectivity index (χ4n) is 3.80. The molecule has 0 radical (unpaired) electrons. The molecule has 5 aromatic rings. The van der Waals surface area contributed by atoms with Crippen LogP contribution in [0.2, 0.25) is 15.1 Å². The van der Waals surface area contributed by atoms with Crippen molar-refractivity contribution in [1.29, 1.82) is 0 Å². The number of fused-ring (bicyclic) bond motifs is 3. The number of nitrogens with zero attached hydrogens (tertiary/aromatic N) is 4. The van der Waals surface area contributed by atoms with Gasteiger partial charge in [0.1, 0.15) is 0 Å². The van der Waals surface area contributed by atoms with Crippen molar-refractivity contribution in [1.82, 2.24) is 19.3 Å². The lowest BCUT2D eigenvalue weighted by Gasteiger charge is -2.11. The minimum absolute atomic E-state index is 0.181. The number of rotatable bonds is 4. The molecule has 0 aliphatic carbocycles. The van der Waals surface area contributed by atoms with E-state index in [0.717, 1.165) is 21.5 Å². The van der Waals surface area contributed by atoms with Gasteiger partial charge in [0.2, 0.25) is 0 Å². The van der Waals surface area contributed by atoms with Gasteiger partial charge in [-0.3, -0.25) is 15.0 Å². The molecule has 1 N–H and O–H groups in total. The van der Waals surface area contributed by atoms with E-state index in [1.165, 1.54) is 24.5 Å². The monoisotopic (exact) mass is 511 g/mol. The standard InChI is InChI=1S/C24H16Cl3N5O2/c1-2-19-21(13-3-5-14(25)6-4-13)22-28-12-17-20(32(22)29-19)9-10-31(24(17)34)30-23(33)16-8-7-15(26)11-18(16)27/h3-12H,2H2,1H3,(H,30,33). The highest BCUT2D eigenvalue weighted by Crippen LogP contribution is 2.30. The Hall–Kier alpha value is -3.39. The average Bonchev–Trinajstić information content (AvgIpc) is 3.20. The molecule has 170 valence electrons. The smallest absolute Gasteiger partial charge is 0.267 e. The van der Waals surface area contributed by atoms with E-state index in [-0.39, 0.29) is 10.6 Å². The van der Waals surface area contributed by atoms with Crippen molar-refractivity contribution in [2.75, 3.05) is 5.43 Å². The second-order valence-electron chi connectivity index (χ2n) is 7.53. The van der Waals surface area contributed by atoms with Gasteiger partial charge in [0.15, 0.2) is 5.65 Å². The van der Waals surface area contributed by atoms with Gasteiger partial charge < -0.3 is 0 Å². The van der Waals surface area contributed by atoms with Crippen molar-refractivity contribution in [2.24, 2.45) is 0 Å². The van der Waals surface area contributed by atoms with Crippen molar-refractivity contribution in [3.05, 3.63) is 97.6 Å². The van der Waals surface area contributed by atoms with E-state index in [4.69, 9.17) is 39.9 Å². The van der Waals surface area contributed by atoms with Crippen molar-refractivity contribution < 1.29 is 4.79 Å². The lowest BCUT2D eigenvalue weighted by atomic mass is 10.0. The van der Waals surface area contributed by atoms with Crippen LogP contribution in [0.1, 0.15) is 23.0 Å². The lowest BCUT2D eigenvalue weighted by Crippen LogP contribution is -2.33. The molecule has 0 aliphatic heterocycles.